The number of aldehydes is 1. The van der Waals surface area contributed by atoms with E-state index in [0.29, 0.717) is 6.29 Å². The Kier molecular flexibility index (Phi) is 4.74. The van der Waals surface area contributed by atoms with Gasteiger partial charge in [0.1, 0.15) is 6.29 Å². The van der Waals surface area contributed by atoms with Crippen LogP contribution < -0.4 is 0 Å². The molecule has 0 aromatic rings. The first kappa shape index (κ1) is 11.6. The van der Waals surface area contributed by atoms with Gasteiger partial charge >= 0.3 is 0 Å². The summed E-state index contributed by atoms with van der Waals surface area (Å²) in [5, 5.41) is 11.2. The lowest BCUT2D eigenvalue weighted by Gasteiger charge is -2.17. The highest BCUT2D eigenvalue weighted by atomic mass is 16.5. The number of nitrogens with zero attached hydrogens (tertiary/aromatic N) is 1. The Balaban J connectivity index is 4.19. The lowest BCUT2D eigenvalue weighted by Crippen LogP contribution is -2.28. The third kappa shape index (κ3) is 5.84. The van der Waals surface area contributed by atoms with Gasteiger partial charge in [0.05, 0.1) is 0 Å². The minimum Gasteiger partial charge on any atom is -0.623 e. The second kappa shape index (κ2) is 5.30. The van der Waals surface area contributed by atoms with E-state index in [4.69, 9.17) is 0 Å². The topological polar surface area (TPSA) is 43.1 Å². The van der Waals surface area contributed by atoms with Gasteiger partial charge in [0.25, 0.3) is 0 Å². The van der Waals surface area contributed by atoms with Crippen LogP contribution in [0.25, 0.3) is 0 Å². The smallest absolute Gasteiger partial charge is 0.174 e. The number of rotatable bonds is 3. The van der Waals surface area contributed by atoms with Crippen LogP contribution in [0.4, 0.5) is 0 Å². The summed E-state index contributed by atoms with van der Waals surface area (Å²) in [7, 11) is 0. The molecule has 3 nitrogen and oxygen atoms in total. The molecule has 3 heteroatoms. The first-order valence-electron chi connectivity index (χ1n) is 4.07. The van der Waals surface area contributed by atoms with Gasteiger partial charge < -0.3 is 5.21 Å². The van der Waals surface area contributed by atoms with Crippen LogP contribution >= 0.6 is 0 Å². The third-order valence-corrected chi connectivity index (χ3v) is 1.29. The van der Waals surface area contributed by atoms with Gasteiger partial charge in [0.15, 0.2) is 11.8 Å². The van der Waals surface area contributed by atoms with Crippen molar-refractivity contribution in [3.63, 3.8) is 0 Å². The molecule has 0 atom stereocenters. The molecule has 0 amide bonds. The van der Waals surface area contributed by atoms with Gasteiger partial charge in [-0.05, 0) is 6.08 Å². The van der Waals surface area contributed by atoms with Gasteiger partial charge in [0, 0.05) is 26.8 Å². The summed E-state index contributed by atoms with van der Waals surface area (Å²) in [6, 6.07) is 0. The molecule has 0 rings (SSSR count). The van der Waals surface area contributed by atoms with Crippen molar-refractivity contribution < 1.29 is 9.53 Å². The maximum atomic E-state index is 11.2. The number of carbonyl (C=O) groups is 1. The van der Waals surface area contributed by atoms with Gasteiger partial charge in [-0.25, -0.2) is 4.74 Å². The molecule has 0 aromatic carbocycles. The summed E-state index contributed by atoms with van der Waals surface area (Å²) in [5.41, 5.74) is -0.418. The Morgan fingerprint density at radius 3 is 2.08 bits per heavy atom. The standard InChI is InChI=1S/C10H15NO2/c1-10(2,3)11(13)8-6-4-5-7-9-12/h4-9H,1-3H3. The van der Waals surface area contributed by atoms with Gasteiger partial charge in [-0.1, -0.05) is 12.2 Å². The summed E-state index contributed by atoms with van der Waals surface area (Å²) >= 11 is 0. The molecule has 0 aliphatic heterocycles. The van der Waals surface area contributed by atoms with E-state index in [0.717, 1.165) is 4.74 Å². The lowest BCUT2D eigenvalue weighted by molar-refractivity contribution is -0.530. The summed E-state index contributed by atoms with van der Waals surface area (Å²) < 4.78 is 0.859. The van der Waals surface area contributed by atoms with E-state index in [1.165, 1.54) is 12.3 Å². The van der Waals surface area contributed by atoms with Gasteiger partial charge in [-0.3, -0.25) is 4.79 Å². The minimum atomic E-state index is -0.418. The Bertz CT molecular complexity index is 244. The quantitative estimate of drug-likeness (QED) is 0.126. The number of hydroxylamine groups is 1. The first-order valence-corrected chi connectivity index (χ1v) is 4.07. The summed E-state index contributed by atoms with van der Waals surface area (Å²) in [5.74, 6) is 0. The highest BCUT2D eigenvalue weighted by Crippen LogP contribution is 2.03. The molecule has 0 heterocycles. The fourth-order valence-electron chi connectivity index (χ4n) is 0.525. The van der Waals surface area contributed by atoms with Gasteiger partial charge in [-0.15, -0.1) is 0 Å². The van der Waals surface area contributed by atoms with Crippen molar-refractivity contribution in [1.29, 1.82) is 0 Å². The van der Waals surface area contributed by atoms with E-state index in [1.807, 2.05) is 20.8 Å². The van der Waals surface area contributed by atoms with Gasteiger partial charge in [-0.2, -0.15) is 0 Å². The zero-order valence-electron chi connectivity index (χ0n) is 8.23. The Morgan fingerprint density at radius 1 is 1.08 bits per heavy atom. The fourth-order valence-corrected chi connectivity index (χ4v) is 0.525. The molecule has 0 saturated heterocycles. The van der Waals surface area contributed by atoms with E-state index in [-0.39, 0.29) is 0 Å². The summed E-state index contributed by atoms with van der Waals surface area (Å²) in [6.07, 6.45) is 8.26. The lowest BCUT2D eigenvalue weighted by atomic mass is 10.1. The van der Waals surface area contributed by atoms with Crippen LogP contribution in [0, 0.1) is 5.21 Å². The van der Waals surface area contributed by atoms with E-state index >= 15 is 0 Å². The van der Waals surface area contributed by atoms with Crippen molar-refractivity contribution in [3.05, 3.63) is 29.5 Å². The molecule has 72 valence electrons. The molecule has 0 bridgehead atoms. The number of allylic oxidation sites excluding steroid dienone is 4. The van der Waals surface area contributed by atoms with Crippen molar-refractivity contribution in [2.24, 2.45) is 0 Å². The molecule has 0 saturated carbocycles. The number of hydrogen-bond acceptors (Lipinski definition) is 2. The Hall–Kier alpha value is -1.38. The zero-order chi connectivity index (χ0) is 10.3. The molecular weight excluding hydrogens is 166 g/mol. The highest BCUT2D eigenvalue weighted by Gasteiger charge is 2.16. The highest BCUT2D eigenvalue weighted by molar-refractivity contribution is 5.69. The molecule has 0 radical (unpaired) electrons. The molecule has 0 N–H and O–H groups in total. The maximum Gasteiger partial charge on any atom is 0.174 e. The van der Waals surface area contributed by atoms with Crippen molar-refractivity contribution in [2.75, 3.05) is 0 Å². The van der Waals surface area contributed by atoms with Crippen molar-refractivity contribution in [3.8, 4) is 0 Å². The summed E-state index contributed by atoms with van der Waals surface area (Å²) in [4.78, 5) is 9.86. The van der Waals surface area contributed by atoms with Crippen LogP contribution in [0.3, 0.4) is 0 Å². The predicted molar refractivity (Wildman–Crippen MR) is 53.8 cm³/mol. The average molecular weight is 181 g/mol. The minimum absolute atomic E-state index is 0.418. The van der Waals surface area contributed by atoms with Crippen molar-refractivity contribution in [1.82, 2.24) is 0 Å². The van der Waals surface area contributed by atoms with Crippen LogP contribution in [0.1, 0.15) is 20.8 Å². The second-order valence-electron chi connectivity index (χ2n) is 3.55. The van der Waals surface area contributed by atoms with E-state index in [1.54, 1.807) is 18.2 Å². The summed E-state index contributed by atoms with van der Waals surface area (Å²) in [6.45, 7) is 5.48. The Labute approximate surface area is 78.7 Å². The average Bonchev–Trinajstić information content (AvgIpc) is 2.02. The van der Waals surface area contributed by atoms with Crippen LogP contribution in [0.15, 0.2) is 24.3 Å². The molecule has 0 aromatic heterocycles. The van der Waals surface area contributed by atoms with E-state index in [2.05, 4.69) is 0 Å². The molecule has 0 aliphatic carbocycles. The van der Waals surface area contributed by atoms with Crippen molar-refractivity contribution in [2.45, 2.75) is 26.3 Å². The predicted octanol–water partition coefficient (Wildman–Crippen LogP) is 1.68. The number of carbonyl (C=O) groups excluding carboxylic acids is 1. The first-order chi connectivity index (χ1) is 5.98. The second-order valence-corrected chi connectivity index (χ2v) is 3.55. The van der Waals surface area contributed by atoms with Crippen LogP contribution in [-0.2, 0) is 4.79 Å². The van der Waals surface area contributed by atoms with Crippen LogP contribution in [-0.4, -0.2) is 22.8 Å². The van der Waals surface area contributed by atoms with Gasteiger partial charge in [0.2, 0.25) is 0 Å². The maximum absolute atomic E-state index is 11.2. The largest absolute Gasteiger partial charge is 0.623 e. The van der Waals surface area contributed by atoms with E-state index in [9.17, 15) is 10.0 Å². The van der Waals surface area contributed by atoms with Crippen LogP contribution in [0.2, 0.25) is 0 Å². The SMILES string of the molecule is CC(C)(C)[N+]([O-])=CC=CC=CC=O. The van der Waals surface area contributed by atoms with E-state index < -0.39 is 5.54 Å². The molecule has 0 unspecified atom stereocenters. The molecular formula is C10H15NO2. The van der Waals surface area contributed by atoms with Crippen molar-refractivity contribution >= 4 is 12.5 Å². The molecule has 13 heavy (non-hydrogen) atoms. The Morgan fingerprint density at radius 2 is 1.62 bits per heavy atom. The molecule has 0 spiro atoms. The molecule has 0 aliphatic rings. The monoisotopic (exact) mass is 181 g/mol. The third-order valence-electron chi connectivity index (χ3n) is 1.29. The number of hydrogen-bond donors (Lipinski definition) is 0. The normalized spacial score (nSPS) is 14.2. The van der Waals surface area contributed by atoms with Crippen LogP contribution in [0.5, 0.6) is 0 Å². The molecule has 0 fully saturated rings. The fraction of sp³-hybridized carbons (Fsp3) is 0.400. The zero-order valence-corrected chi connectivity index (χ0v) is 8.23.